The number of anilines is 1. The van der Waals surface area contributed by atoms with Crippen molar-refractivity contribution in [3.8, 4) is 0 Å². The molecule has 2 atom stereocenters. The molecule has 1 amide bonds. The Balaban J connectivity index is 2.27. The number of benzene rings is 1. The second-order valence-corrected chi connectivity index (χ2v) is 4.61. The van der Waals surface area contributed by atoms with Crippen LogP contribution in [0.5, 0.6) is 0 Å². The van der Waals surface area contributed by atoms with Crippen molar-refractivity contribution >= 4 is 11.6 Å². The maximum atomic E-state index is 12.2. The number of amides is 1. The van der Waals surface area contributed by atoms with Gasteiger partial charge in [-0.3, -0.25) is 9.69 Å². The largest absolute Gasteiger partial charge is 0.308 e. The fraction of sp³-hybridized carbons (Fsp3) is 0.462. The summed E-state index contributed by atoms with van der Waals surface area (Å²) >= 11 is 0. The molecule has 0 spiro atoms. The molecule has 0 bridgehead atoms. The van der Waals surface area contributed by atoms with Crippen molar-refractivity contribution in [1.29, 1.82) is 0 Å². The summed E-state index contributed by atoms with van der Waals surface area (Å²) in [6, 6.07) is 10.2. The lowest BCUT2D eigenvalue weighted by Crippen LogP contribution is -2.38. The molecule has 0 aromatic heterocycles. The molecule has 1 heterocycles. The van der Waals surface area contributed by atoms with Crippen molar-refractivity contribution in [1.82, 2.24) is 4.90 Å². The predicted octanol–water partition coefficient (Wildman–Crippen LogP) is 1.74. The third kappa shape index (κ3) is 1.83. The Hall–Kier alpha value is -1.35. The second kappa shape index (κ2) is 4.26. The lowest BCUT2D eigenvalue weighted by molar-refractivity contribution is -0.120. The number of likely N-dealkylation sites (N-methyl/N-ethyl adjacent to an activating group) is 1. The summed E-state index contributed by atoms with van der Waals surface area (Å²) < 4.78 is 0. The van der Waals surface area contributed by atoms with Gasteiger partial charge in [0.1, 0.15) is 0 Å². The van der Waals surface area contributed by atoms with Crippen LogP contribution in [0.1, 0.15) is 13.3 Å². The van der Waals surface area contributed by atoms with E-state index in [-0.39, 0.29) is 18.0 Å². The van der Waals surface area contributed by atoms with Crippen LogP contribution in [0, 0.1) is 0 Å². The van der Waals surface area contributed by atoms with E-state index in [9.17, 15) is 4.79 Å². The van der Waals surface area contributed by atoms with E-state index in [2.05, 4.69) is 6.92 Å². The number of carbonyl (C=O) groups is 1. The minimum absolute atomic E-state index is 0.0233. The summed E-state index contributed by atoms with van der Waals surface area (Å²) in [5.41, 5.74) is 1.00. The number of rotatable bonds is 2. The number of carbonyl (C=O) groups excluding carboxylic acids is 1. The molecule has 3 heteroatoms. The van der Waals surface area contributed by atoms with Gasteiger partial charge in [0.2, 0.25) is 5.91 Å². The number of hydrogen-bond acceptors (Lipinski definition) is 2. The van der Waals surface area contributed by atoms with Gasteiger partial charge in [-0.2, -0.15) is 0 Å². The highest BCUT2D eigenvalue weighted by atomic mass is 16.2. The van der Waals surface area contributed by atoms with Gasteiger partial charge >= 0.3 is 0 Å². The molecule has 1 aromatic rings. The second-order valence-electron chi connectivity index (χ2n) is 4.61. The van der Waals surface area contributed by atoms with Crippen LogP contribution in [0.25, 0.3) is 0 Å². The molecule has 16 heavy (non-hydrogen) atoms. The highest BCUT2D eigenvalue weighted by Crippen LogP contribution is 2.27. The maximum absolute atomic E-state index is 12.2. The predicted molar refractivity (Wildman–Crippen MR) is 65.5 cm³/mol. The minimum Gasteiger partial charge on any atom is -0.308 e. The Morgan fingerprint density at radius 3 is 2.38 bits per heavy atom. The van der Waals surface area contributed by atoms with Gasteiger partial charge in [-0.1, -0.05) is 18.2 Å². The third-order valence-electron chi connectivity index (χ3n) is 3.19. The zero-order chi connectivity index (χ0) is 11.7. The summed E-state index contributed by atoms with van der Waals surface area (Å²) in [6.45, 7) is 2.11. The molecule has 0 unspecified atom stereocenters. The first kappa shape index (κ1) is 11.1. The summed E-state index contributed by atoms with van der Waals surface area (Å²) in [4.78, 5) is 16.2. The monoisotopic (exact) mass is 218 g/mol. The SMILES string of the molecule is C[C@@H]1C[C@@H](N(C)C)C(=O)N1c1ccccc1. The Kier molecular flexibility index (Phi) is 2.97. The molecule has 1 saturated heterocycles. The molecule has 0 saturated carbocycles. The van der Waals surface area contributed by atoms with Gasteiger partial charge in [-0.05, 0) is 39.6 Å². The van der Waals surface area contributed by atoms with Crippen LogP contribution in [-0.4, -0.2) is 37.0 Å². The van der Waals surface area contributed by atoms with Gasteiger partial charge < -0.3 is 4.90 Å². The first-order chi connectivity index (χ1) is 7.61. The Morgan fingerprint density at radius 2 is 1.88 bits per heavy atom. The van der Waals surface area contributed by atoms with E-state index in [0.717, 1.165) is 12.1 Å². The molecule has 3 nitrogen and oxygen atoms in total. The van der Waals surface area contributed by atoms with Crippen molar-refractivity contribution in [2.24, 2.45) is 0 Å². The van der Waals surface area contributed by atoms with E-state index < -0.39 is 0 Å². The zero-order valence-corrected chi connectivity index (χ0v) is 10.1. The van der Waals surface area contributed by atoms with Gasteiger partial charge in [0.15, 0.2) is 0 Å². The van der Waals surface area contributed by atoms with E-state index >= 15 is 0 Å². The summed E-state index contributed by atoms with van der Waals surface area (Å²) in [5, 5.41) is 0. The Morgan fingerprint density at radius 1 is 1.25 bits per heavy atom. The lowest BCUT2D eigenvalue weighted by atomic mass is 10.2. The standard InChI is InChI=1S/C13H18N2O/c1-10-9-12(14(2)3)13(16)15(10)11-7-5-4-6-8-11/h4-8,10,12H,9H2,1-3H3/t10-,12-/m1/s1. The van der Waals surface area contributed by atoms with Gasteiger partial charge in [0.05, 0.1) is 6.04 Å². The lowest BCUT2D eigenvalue weighted by Gasteiger charge is -2.22. The molecule has 86 valence electrons. The van der Waals surface area contributed by atoms with Gasteiger partial charge in [0, 0.05) is 11.7 Å². The Bertz CT molecular complexity index is 375. The van der Waals surface area contributed by atoms with Crippen LogP contribution >= 0.6 is 0 Å². The van der Waals surface area contributed by atoms with Crippen molar-refractivity contribution in [2.45, 2.75) is 25.4 Å². The van der Waals surface area contributed by atoms with E-state index in [1.807, 2.05) is 54.2 Å². The first-order valence-electron chi connectivity index (χ1n) is 5.66. The molecule has 1 fully saturated rings. The highest BCUT2D eigenvalue weighted by molar-refractivity contribution is 6.00. The van der Waals surface area contributed by atoms with Crippen LogP contribution in [0.3, 0.4) is 0 Å². The van der Waals surface area contributed by atoms with E-state index in [1.165, 1.54) is 0 Å². The van der Waals surface area contributed by atoms with Gasteiger partial charge in [0.25, 0.3) is 0 Å². The number of hydrogen-bond donors (Lipinski definition) is 0. The van der Waals surface area contributed by atoms with Crippen LogP contribution in [0.15, 0.2) is 30.3 Å². The number of para-hydroxylation sites is 1. The van der Waals surface area contributed by atoms with E-state index in [0.29, 0.717) is 0 Å². The molecule has 0 radical (unpaired) electrons. The fourth-order valence-electron chi connectivity index (χ4n) is 2.31. The smallest absolute Gasteiger partial charge is 0.244 e. The normalized spacial score (nSPS) is 25.5. The molecular formula is C13H18N2O. The van der Waals surface area contributed by atoms with Crippen molar-refractivity contribution in [3.05, 3.63) is 30.3 Å². The molecule has 1 aromatic carbocycles. The molecule has 0 N–H and O–H groups in total. The maximum Gasteiger partial charge on any atom is 0.244 e. The highest BCUT2D eigenvalue weighted by Gasteiger charge is 2.38. The van der Waals surface area contributed by atoms with Gasteiger partial charge in [-0.25, -0.2) is 0 Å². The molecule has 0 aliphatic carbocycles. The number of nitrogens with zero attached hydrogens (tertiary/aromatic N) is 2. The van der Waals surface area contributed by atoms with Gasteiger partial charge in [-0.15, -0.1) is 0 Å². The average molecular weight is 218 g/mol. The quantitative estimate of drug-likeness (QED) is 0.755. The summed E-state index contributed by atoms with van der Waals surface area (Å²) in [6.07, 6.45) is 0.903. The van der Waals surface area contributed by atoms with Crippen molar-refractivity contribution < 1.29 is 4.79 Å². The van der Waals surface area contributed by atoms with E-state index in [1.54, 1.807) is 0 Å². The van der Waals surface area contributed by atoms with Crippen molar-refractivity contribution in [3.63, 3.8) is 0 Å². The minimum atomic E-state index is 0.0233. The van der Waals surface area contributed by atoms with Crippen LogP contribution in [-0.2, 0) is 4.79 Å². The summed E-state index contributed by atoms with van der Waals surface area (Å²) in [7, 11) is 3.92. The third-order valence-corrected chi connectivity index (χ3v) is 3.19. The Labute approximate surface area is 96.7 Å². The summed E-state index contributed by atoms with van der Waals surface area (Å²) in [5.74, 6) is 0.212. The average Bonchev–Trinajstić information content (AvgIpc) is 2.56. The van der Waals surface area contributed by atoms with Crippen molar-refractivity contribution in [2.75, 3.05) is 19.0 Å². The van der Waals surface area contributed by atoms with E-state index in [4.69, 9.17) is 0 Å². The molecule has 2 rings (SSSR count). The van der Waals surface area contributed by atoms with Crippen LogP contribution in [0.2, 0.25) is 0 Å². The van der Waals surface area contributed by atoms with Crippen LogP contribution < -0.4 is 4.90 Å². The first-order valence-corrected chi connectivity index (χ1v) is 5.66. The molecule has 1 aliphatic heterocycles. The molecule has 1 aliphatic rings. The van der Waals surface area contributed by atoms with Crippen LogP contribution in [0.4, 0.5) is 5.69 Å². The fourth-order valence-corrected chi connectivity index (χ4v) is 2.31. The zero-order valence-electron chi connectivity index (χ0n) is 10.1. The molecular weight excluding hydrogens is 200 g/mol. The topological polar surface area (TPSA) is 23.6 Å².